The first-order chi connectivity index (χ1) is 15.1. The number of aliphatic hydroxyl groups is 2. The molecule has 3 rings (SSSR count). The molecule has 1 unspecified atom stereocenters. The second-order valence-electron chi connectivity index (χ2n) is 9.43. The number of nitrogens with one attached hydrogen (secondary N) is 1. The highest BCUT2D eigenvalue weighted by Gasteiger charge is 2.44. The molecule has 3 N–H and O–H groups in total. The van der Waals surface area contributed by atoms with Crippen molar-refractivity contribution in [1.29, 1.82) is 0 Å². The predicted octanol–water partition coefficient (Wildman–Crippen LogP) is 1.24. The van der Waals surface area contributed by atoms with Gasteiger partial charge in [0.25, 0.3) is 0 Å². The van der Waals surface area contributed by atoms with Crippen molar-refractivity contribution in [3.8, 4) is 0 Å². The molecule has 32 heavy (non-hydrogen) atoms. The predicted molar refractivity (Wildman–Crippen MR) is 118 cm³/mol. The summed E-state index contributed by atoms with van der Waals surface area (Å²) in [7, 11) is 1.52. The van der Waals surface area contributed by atoms with E-state index >= 15 is 0 Å². The number of amides is 2. The lowest BCUT2D eigenvalue weighted by molar-refractivity contribution is -0.144. The average Bonchev–Trinajstić information content (AvgIpc) is 3.37. The standard InChI is InChI=1S/C23H33N5O4/c1-23(2,3)20(22(32)27-14-17(29)12-18(27)21(31)24-4)28-13-16(25-26-28)10-11-19(30)15-8-6-5-7-9-15/h5-9,13,17-20,29-30H,10-12,14H2,1-4H3,(H,24,31)/t17-,18+,19?,20+/m0/s1. The highest BCUT2D eigenvalue weighted by Crippen LogP contribution is 2.34. The number of aromatic nitrogens is 3. The lowest BCUT2D eigenvalue weighted by atomic mass is 9.85. The summed E-state index contributed by atoms with van der Waals surface area (Å²) in [4.78, 5) is 27.3. The zero-order valence-electron chi connectivity index (χ0n) is 19.1. The number of aliphatic hydroxyl groups excluding tert-OH is 2. The Labute approximate surface area is 188 Å². The van der Waals surface area contributed by atoms with E-state index in [2.05, 4.69) is 15.6 Å². The van der Waals surface area contributed by atoms with Gasteiger partial charge in [-0.1, -0.05) is 56.3 Å². The van der Waals surface area contributed by atoms with Gasteiger partial charge >= 0.3 is 0 Å². The number of rotatable bonds is 7. The van der Waals surface area contributed by atoms with Gasteiger partial charge in [-0.25, -0.2) is 4.68 Å². The van der Waals surface area contributed by atoms with Gasteiger partial charge in [0, 0.05) is 26.2 Å². The highest BCUT2D eigenvalue weighted by molar-refractivity contribution is 5.90. The van der Waals surface area contributed by atoms with Crippen molar-refractivity contribution in [3.63, 3.8) is 0 Å². The molecule has 1 aliphatic heterocycles. The Balaban J connectivity index is 1.76. The number of β-amino-alcohol motifs (C(OH)–C–C–N with tert-alkyl or cyclic N) is 1. The molecule has 174 valence electrons. The summed E-state index contributed by atoms with van der Waals surface area (Å²) in [6.45, 7) is 5.89. The Morgan fingerprint density at radius 3 is 2.56 bits per heavy atom. The molecule has 4 atom stereocenters. The molecule has 9 nitrogen and oxygen atoms in total. The van der Waals surface area contributed by atoms with Crippen molar-refractivity contribution >= 4 is 11.8 Å². The van der Waals surface area contributed by atoms with Crippen molar-refractivity contribution in [2.45, 2.75) is 64.3 Å². The number of nitrogens with zero attached hydrogens (tertiary/aromatic N) is 4. The van der Waals surface area contributed by atoms with E-state index in [-0.39, 0.29) is 24.8 Å². The molecule has 1 fully saturated rings. The largest absolute Gasteiger partial charge is 0.391 e. The Bertz CT molecular complexity index is 924. The number of carbonyl (C=O) groups excluding carboxylic acids is 2. The topological polar surface area (TPSA) is 121 Å². The van der Waals surface area contributed by atoms with E-state index in [0.717, 1.165) is 5.56 Å². The second-order valence-corrected chi connectivity index (χ2v) is 9.43. The summed E-state index contributed by atoms with van der Waals surface area (Å²) in [5.41, 5.74) is 1.01. The van der Waals surface area contributed by atoms with Gasteiger partial charge in [0.1, 0.15) is 12.1 Å². The lowest BCUT2D eigenvalue weighted by Crippen LogP contribution is -2.49. The third kappa shape index (κ3) is 5.34. The Kier molecular flexibility index (Phi) is 7.30. The summed E-state index contributed by atoms with van der Waals surface area (Å²) < 4.78 is 1.54. The van der Waals surface area contributed by atoms with Gasteiger partial charge in [0.15, 0.2) is 0 Å². The number of carbonyl (C=O) groups is 2. The molecule has 2 amide bonds. The molecule has 0 radical (unpaired) electrons. The number of hydrogen-bond donors (Lipinski definition) is 3. The molecule has 2 heterocycles. The molecule has 0 spiro atoms. The van der Waals surface area contributed by atoms with E-state index in [1.165, 1.54) is 16.6 Å². The maximum Gasteiger partial charge on any atom is 0.248 e. The number of likely N-dealkylation sites (tertiary alicyclic amines) is 1. The lowest BCUT2D eigenvalue weighted by Gasteiger charge is -2.34. The molecule has 1 saturated heterocycles. The Morgan fingerprint density at radius 1 is 1.25 bits per heavy atom. The minimum atomic E-state index is -0.743. The van der Waals surface area contributed by atoms with Crippen LogP contribution in [0.3, 0.4) is 0 Å². The first-order valence-corrected chi connectivity index (χ1v) is 11.0. The van der Waals surface area contributed by atoms with Gasteiger partial charge in [-0.2, -0.15) is 0 Å². The van der Waals surface area contributed by atoms with Crippen molar-refractivity contribution in [2.75, 3.05) is 13.6 Å². The van der Waals surface area contributed by atoms with Crippen LogP contribution in [0.5, 0.6) is 0 Å². The first kappa shape index (κ1) is 23.9. The fourth-order valence-corrected chi connectivity index (χ4v) is 4.19. The number of likely N-dealkylation sites (N-methyl/N-ethyl adjacent to an activating group) is 1. The minimum Gasteiger partial charge on any atom is -0.391 e. The molecule has 1 aromatic heterocycles. The summed E-state index contributed by atoms with van der Waals surface area (Å²) in [6, 6.07) is 8.02. The molecule has 0 saturated carbocycles. The van der Waals surface area contributed by atoms with E-state index in [9.17, 15) is 19.8 Å². The zero-order chi connectivity index (χ0) is 23.5. The second kappa shape index (κ2) is 9.79. The van der Waals surface area contributed by atoms with Crippen molar-refractivity contribution in [2.24, 2.45) is 5.41 Å². The number of benzene rings is 1. The van der Waals surface area contributed by atoms with Crippen LogP contribution in [0.25, 0.3) is 0 Å². The SMILES string of the molecule is CNC(=O)[C@H]1C[C@H](O)CN1C(=O)[C@@H](n1cc(CCC(O)c2ccccc2)nn1)C(C)(C)C. The third-order valence-electron chi connectivity index (χ3n) is 5.85. The molecule has 0 aliphatic carbocycles. The van der Waals surface area contributed by atoms with Crippen LogP contribution in [0, 0.1) is 5.41 Å². The molecular formula is C23H33N5O4. The normalized spacial score (nSPS) is 20.8. The molecule has 9 heteroatoms. The van der Waals surface area contributed by atoms with Crippen LogP contribution in [0.15, 0.2) is 36.5 Å². The van der Waals surface area contributed by atoms with Crippen LogP contribution in [-0.4, -0.2) is 67.7 Å². The molecule has 1 aliphatic rings. The monoisotopic (exact) mass is 443 g/mol. The van der Waals surface area contributed by atoms with Gasteiger partial charge in [-0.05, 0) is 23.8 Å². The van der Waals surface area contributed by atoms with E-state index in [4.69, 9.17) is 0 Å². The average molecular weight is 444 g/mol. The van der Waals surface area contributed by atoms with E-state index in [1.807, 2.05) is 51.1 Å². The summed E-state index contributed by atoms with van der Waals surface area (Å²) >= 11 is 0. The fourth-order valence-electron chi connectivity index (χ4n) is 4.19. The van der Waals surface area contributed by atoms with Gasteiger partial charge < -0.3 is 20.4 Å². The third-order valence-corrected chi connectivity index (χ3v) is 5.85. The quantitative estimate of drug-likeness (QED) is 0.592. The highest BCUT2D eigenvalue weighted by atomic mass is 16.3. The maximum atomic E-state index is 13.5. The van der Waals surface area contributed by atoms with Crippen molar-refractivity contribution < 1.29 is 19.8 Å². The van der Waals surface area contributed by atoms with Crippen LogP contribution in [0.1, 0.15) is 57.0 Å². The Morgan fingerprint density at radius 2 is 1.94 bits per heavy atom. The fraction of sp³-hybridized carbons (Fsp3) is 0.565. The van der Waals surface area contributed by atoms with Gasteiger partial charge in [0.05, 0.1) is 17.9 Å². The molecular weight excluding hydrogens is 410 g/mol. The van der Waals surface area contributed by atoms with Crippen LogP contribution >= 0.6 is 0 Å². The molecule has 2 aromatic rings. The van der Waals surface area contributed by atoms with Crippen LogP contribution in [-0.2, 0) is 16.0 Å². The molecule has 0 bridgehead atoms. The van der Waals surface area contributed by atoms with Gasteiger partial charge in [0.2, 0.25) is 11.8 Å². The van der Waals surface area contributed by atoms with Crippen molar-refractivity contribution in [1.82, 2.24) is 25.2 Å². The summed E-state index contributed by atoms with van der Waals surface area (Å²) in [5, 5.41) is 31.5. The van der Waals surface area contributed by atoms with Crippen LogP contribution in [0.2, 0.25) is 0 Å². The van der Waals surface area contributed by atoms with Gasteiger partial charge in [-0.15, -0.1) is 5.10 Å². The zero-order valence-corrected chi connectivity index (χ0v) is 19.1. The summed E-state index contributed by atoms with van der Waals surface area (Å²) in [6.07, 6.45) is 1.57. The smallest absolute Gasteiger partial charge is 0.248 e. The van der Waals surface area contributed by atoms with Gasteiger partial charge in [-0.3, -0.25) is 9.59 Å². The Hall–Kier alpha value is -2.78. The van der Waals surface area contributed by atoms with E-state index < -0.39 is 29.7 Å². The summed E-state index contributed by atoms with van der Waals surface area (Å²) in [5.74, 6) is -0.569. The van der Waals surface area contributed by atoms with Crippen molar-refractivity contribution in [3.05, 3.63) is 47.8 Å². The maximum absolute atomic E-state index is 13.5. The number of hydrogen-bond acceptors (Lipinski definition) is 6. The van der Waals surface area contributed by atoms with Crippen LogP contribution in [0.4, 0.5) is 0 Å². The van der Waals surface area contributed by atoms with Crippen LogP contribution < -0.4 is 5.32 Å². The molecule has 1 aromatic carbocycles. The first-order valence-electron chi connectivity index (χ1n) is 11.0. The van der Waals surface area contributed by atoms with E-state index in [0.29, 0.717) is 18.5 Å². The van der Waals surface area contributed by atoms with E-state index in [1.54, 1.807) is 6.20 Å². The number of aryl methyl sites for hydroxylation is 1. The minimum absolute atomic E-state index is 0.105.